The lowest BCUT2D eigenvalue weighted by Crippen LogP contribution is -2.54. The second-order valence-electron chi connectivity index (χ2n) is 10.1. The predicted molar refractivity (Wildman–Crippen MR) is 158 cm³/mol. The monoisotopic (exact) mass is 597 g/mol. The van der Waals surface area contributed by atoms with Crippen LogP contribution in [0.5, 0.6) is 11.5 Å². The molecule has 2 amide bonds. The smallest absolute Gasteiger partial charge is 0.244 e. The van der Waals surface area contributed by atoms with Crippen LogP contribution < -0.4 is 19.1 Å². The molecule has 11 heteroatoms. The highest BCUT2D eigenvalue weighted by Gasteiger charge is 2.34. The van der Waals surface area contributed by atoms with Gasteiger partial charge < -0.3 is 19.7 Å². The van der Waals surface area contributed by atoms with Crippen molar-refractivity contribution in [3.8, 4) is 11.5 Å². The van der Waals surface area contributed by atoms with Crippen LogP contribution in [0, 0.1) is 5.82 Å². The van der Waals surface area contributed by atoms with E-state index < -0.39 is 40.2 Å². The number of rotatable bonds is 13. The van der Waals surface area contributed by atoms with Gasteiger partial charge in [0, 0.05) is 30.6 Å². The molecule has 1 N–H and O–H groups in total. The van der Waals surface area contributed by atoms with Gasteiger partial charge in [0.1, 0.15) is 18.4 Å². The third-order valence-electron chi connectivity index (χ3n) is 7.19. The van der Waals surface area contributed by atoms with Crippen molar-refractivity contribution in [2.75, 3.05) is 23.4 Å². The van der Waals surface area contributed by atoms with Gasteiger partial charge in [0.05, 0.1) is 11.4 Å². The van der Waals surface area contributed by atoms with Crippen molar-refractivity contribution in [3.05, 3.63) is 89.7 Å². The molecule has 1 aliphatic heterocycles. The van der Waals surface area contributed by atoms with E-state index in [0.29, 0.717) is 17.9 Å². The lowest BCUT2D eigenvalue weighted by molar-refractivity contribution is -0.140. The second-order valence-corrected chi connectivity index (χ2v) is 12.3. The van der Waals surface area contributed by atoms with Crippen molar-refractivity contribution >= 4 is 27.5 Å². The van der Waals surface area contributed by atoms with Crippen LogP contribution in [0.1, 0.15) is 38.3 Å². The maximum atomic E-state index is 14.9. The van der Waals surface area contributed by atoms with Crippen LogP contribution >= 0.6 is 0 Å². The number of nitrogens with zero attached hydrogens (tertiary/aromatic N) is 2. The zero-order valence-corrected chi connectivity index (χ0v) is 24.8. The summed E-state index contributed by atoms with van der Waals surface area (Å²) < 4.78 is 53.3. The maximum absolute atomic E-state index is 14.9. The van der Waals surface area contributed by atoms with Crippen LogP contribution in [-0.2, 0) is 32.6 Å². The molecule has 3 aromatic carbocycles. The van der Waals surface area contributed by atoms with Crippen molar-refractivity contribution < 1.29 is 31.9 Å². The molecular formula is C31H36FN3O6S. The Kier molecular flexibility index (Phi) is 10.1. The molecule has 42 heavy (non-hydrogen) atoms. The molecule has 0 bridgehead atoms. The summed E-state index contributed by atoms with van der Waals surface area (Å²) in [5.74, 6) is -1.06. The van der Waals surface area contributed by atoms with E-state index in [2.05, 4.69) is 5.32 Å². The highest BCUT2D eigenvalue weighted by molar-refractivity contribution is 7.92. The van der Waals surface area contributed by atoms with Gasteiger partial charge in [0.15, 0.2) is 11.5 Å². The number of hydrogen-bond acceptors (Lipinski definition) is 6. The summed E-state index contributed by atoms with van der Waals surface area (Å²) in [6.45, 7) is 4.42. The van der Waals surface area contributed by atoms with Crippen molar-refractivity contribution in [3.63, 3.8) is 0 Å². The molecule has 2 atom stereocenters. The number of carbonyl (C=O) groups is 2. The number of amides is 2. The Hall–Kier alpha value is -4.12. The number of ether oxygens (including phenoxy) is 2. The van der Waals surface area contributed by atoms with Gasteiger partial charge >= 0.3 is 0 Å². The third-order valence-corrected chi connectivity index (χ3v) is 8.94. The van der Waals surface area contributed by atoms with E-state index in [1.165, 1.54) is 36.1 Å². The molecule has 0 fully saturated rings. The third kappa shape index (κ3) is 7.39. The normalized spacial score (nSPS) is 13.7. The van der Waals surface area contributed by atoms with Gasteiger partial charge in [-0.2, -0.15) is 0 Å². The molecule has 0 radical (unpaired) electrons. The van der Waals surface area contributed by atoms with E-state index in [1.54, 1.807) is 18.2 Å². The lowest BCUT2D eigenvalue weighted by Gasteiger charge is -2.34. The van der Waals surface area contributed by atoms with Crippen LogP contribution in [0.4, 0.5) is 10.1 Å². The number of hydrogen-bond donors (Lipinski definition) is 1. The van der Waals surface area contributed by atoms with Crippen molar-refractivity contribution in [2.45, 2.75) is 52.2 Å². The topological polar surface area (TPSA) is 105 Å². The van der Waals surface area contributed by atoms with Gasteiger partial charge in [0.25, 0.3) is 0 Å². The molecular weight excluding hydrogens is 561 g/mol. The molecule has 0 spiro atoms. The zero-order valence-electron chi connectivity index (χ0n) is 24.0. The Balaban J connectivity index is 1.76. The fraction of sp³-hybridized carbons (Fsp3) is 0.355. The van der Waals surface area contributed by atoms with Gasteiger partial charge in [-0.25, -0.2) is 12.8 Å². The van der Waals surface area contributed by atoms with Crippen molar-refractivity contribution in [2.24, 2.45) is 0 Å². The molecule has 224 valence electrons. The molecule has 1 aliphatic rings. The molecule has 0 aliphatic carbocycles. The number of sulfonamides is 1. The molecule has 0 saturated carbocycles. The van der Waals surface area contributed by atoms with Crippen LogP contribution in [0.3, 0.4) is 0 Å². The van der Waals surface area contributed by atoms with E-state index >= 15 is 0 Å². The van der Waals surface area contributed by atoms with Crippen molar-refractivity contribution in [1.82, 2.24) is 10.2 Å². The maximum Gasteiger partial charge on any atom is 0.244 e. The van der Waals surface area contributed by atoms with Gasteiger partial charge in [-0.1, -0.05) is 55.5 Å². The minimum Gasteiger partial charge on any atom is -0.454 e. The fourth-order valence-electron chi connectivity index (χ4n) is 4.57. The molecule has 0 aromatic heterocycles. The summed E-state index contributed by atoms with van der Waals surface area (Å²) >= 11 is 0. The van der Waals surface area contributed by atoms with Crippen LogP contribution in [0.25, 0.3) is 0 Å². The number of anilines is 1. The number of halogens is 1. The van der Waals surface area contributed by atoms with E-state index in [9.17, 15) is 22.4 Å². The van der Waals surface area contributed by atoms with E-state index in [1.807, 2.05) is 44.2 Å². The number of fused-ring (bicyclic) bond motifs is 1. The molecule has 4 rings (SSSR count). The summed E-state index contributed by atoms with van der Waals surface area (Å²) in [5.41, 5.74) is 1.21. The Morgan fingerprint density at radius 3 is 2.36 bits per heavy atom. The first kappa shape index (κ1) is 30.8. The van der Waals surface area contributed by atoms with Gasteiger partial charge in [-0.05, 0) is 44.0 Å². The van der Waals surface area contributed by atoms with Crippen LogP contribution in [-0.4, -0.2) is 56.3 Å². The number of nitrogens with one attached hydrogen (secondary N) is 1. The molecule has 1 heterocycles. The number of carbonyl (C=O) groups excluding carboxylic acids is 2. The van der Waals surface area contributed by atoms with Gasteiger partial charge in [0.2, 0.25) is 28.6 Å². The zero-order chi connectivity index (χ0) is 30.3. The standard InChI is InChI=1S/C31H36FN3O6S/c1-4-22(3)33-31(37)27(17-23-11-7-6-8-12-23)34(19-24-13-9-10-14-26(24)32)30(36)20-35(42(38,39)5-2)25-15-16-28-29(18-25)41-21-40-28/h6-16,18,22,27H,4-5,17,19-21H2,1-3H3,(H,33,37)/t22-,27-/m0/s1. The second kappa shape index (κ2) is 13.7. The first-order valence-electron chi connectivity index (χ1n) is 13.9. The quantitative estimate of drug-likeness (QED) is 0.316. The average molecular weight is 598 g/mol. The highest BCUT2D eigenvalue weighted by Crippen LogP contribution is 2.36. The molecule has 3 aromatic rings. The van der Waals surface area contributed by atoms with Gasteiger partial charge in [-0.3, -0.25) is 13.9 Å². The van der Waals surface area contributed by atoms with Gasteiger partial charge in [-0.15, -0.1) is 0 Å². The Morgan fingerprint density at radius 1 is 0.976 bits per heavy atom. The van der Waals surface area contributed by atoms with E-state index in [4.69, 9.17) is 9.47 Å². The highest BCUT2D eigenvalue weighted by atomic mass is 32.2. The Morgan fingerprint density at radius 2 is 1.67 bits per heavy atom. The summed E-state index contributed by atoms with van der Waals surface area (Å²) in [6, 6.07) is 18.6. The molecule has 0 unspecified atom stereocenters. The van der Waals surface area contributed by atoms with Crippen LogP contribution in [0.15, 0.2) is 72.8 Å². The van der Waals surface area contributed by atoms with E-state index in [0.717, 1.165) is 9.87 Å². The SMILES string of the molecule is CC[C@H](C)NC(=O)[C@H](Cc1ccccc1)N(Cc1ccccc1F)C(=O)CN(c1ccc2c(c1)OCO2)S(=O)(=O)CC. The predicted octanol–water partition coefficient (Wildman–Crippen LogP) is 4.27. The summed E-state index contributed by atoms with van der Waals surface area (Å²) in [4.78, 5) is 29.2. The minimum absolute atomic E-state index is 0.00111. The fourth-order valence-corrected chi connectivity index (χ4v) is 5.62. The number of benzene rings is 3. The Labute approximate surface area is 246 Å². The largest absolute Gasteiger partial charge is 0.454 e. The molecule has 0 saturated heterocycles. The minimum atomic E-state index is -3.95. The summed E-state index contributed by atoms with van der Waals surface area (Å²) in [5, 5.41) is 2.95. The summed E-state index contributed by atoms with van der Waals surface area (Å²) in [6.07, 6.45) is 0.811. The first-order valence-corrected chi connectivity index (χ1v) is 15.5. The summed E-state index contributed by atoms with van der Waals surface area (Å²) in [7, 11) is -3.95. The Bertz CT molecular complexity index is 1500. The average Bonchev–Trinajstić information content (AvgIpc) is 3.46. The van der Waals surface area contributed by atoms with Crippen LogP contribution in [0.2, 0.25) is 0 Å². The molecule has 9 nitrogen and oxygen atoms in total. The van der Waals surface area contributed by atoms with E-state index in [-0.39, 0.29) is 42.8 Å². The van der Waals surface area contributed by atoms with Crippen molar-refractivity contribution in [1.29, 1.82) is 0 Å². The lowest BCUT2D eigenvalue weighted by atomic mass is 10.0. The first-order chi connectivity index (χ1) is 20.1.